The van der Waals surface area contributed by atoms with Crippen molar-refractivity contribution in [3.63, 3.8) is 0 Å². The molecule has 29 heavy (non-hydrogen) atoms. The first kappa shape index (κ1) is 18.6. The summed E-state index contributed by atoms with van der Waals surface area (Å²) in [7, 11) is 0. The quantitative estimate of drug-likeness (QED) is 0.490. The van der Waals surface area contributed by atoms with Gasteiger partial charge in [-0.05, 0) is 29.7 Å². The molecule has 5 nitrogen and oxygen atoms in total. The Kier molecular flexibility index (Phi) is 5.20. The number of carbonyl (C=O) groups excluding carboxylic acids is 1. The van der Waals surface area contributed by atoms with Crippen LogP contribution >= 0.6 is 0 Å². The van der Waals surface area contributed by atoms with Gasteiger partial charge in [0.05, 0.1) is 5.69 Å². The fourth-order valence-electron chi connectivity index (χ4n) is 3.32. The van der Waals surface area contributed by atoms with Crippen molar-refractivity contribution >= 4 is 11.6 Å². The second-order valence-electron chi connectivity index (χ2n) is 6.88. The van der Waals surface area contributed by atoms with Crippen LogP contribution in [-0.2, 0) is 16.1 Å². The van der Waals surface area contributed by atoms with E-state index in [1.54, 1.807) is 12.3 Å². The van der Waals surface area contributed by atoms with Crippen molar-refractivity contribution in [2.45, 2.75) is 19.4 Å². The van der Waals surface area contributed by atoms with Crippen molar-refractivity contribution < 1.29 is 9.53 Å². The first-order valence-corrected chi connectivity index (χ1v) is 9.37. The molecule has 2 aromatic heterocycles. The minimum Gasteiger partial charge on any atom is -0.458 e. The molecule has 0 N–H and O–H groups in total. The van der Waals surface area contributed by atoms with E-state index in [2.05, 4.69) is 4.98 Å². The predicted octanol–water partition coefficient (Wildman–Crippen LogP) is 3.88. The second-order valence-corrected chi connectivity index (χ2v) is 6.88. The van der Waals surface area contributed by atoms with E-state index < -0.39 is 5.92 Å². The van der Waals surface area contributed by atoms with Gasteiger partial charge in [-0.1, -0.05) is 66.7 Å². The molecule has 4 aromatic rings. The normalized spacial score (nSPS) is 11.0. The van der Waals surface area contributed by atoms with Crippen LogP contribution in [0.15, 0.2) is 89.9 Å². The number of ether oxygens (including phenoxy) is 1. The van der Waals surface area contributed by atoms with E-state index in [9.17, 15) is 9.59 Å². The third-order valence-corrected chi connectivity index (χ3v) is 4.72. The zero-order chi connectivity index (χ0) is 20.2. The van der Waals surface area contributed by atoms with Gasteiger partial charge in [-0.3, -0.25) is 14.0 Å². The second kappa shape index (κ2) is 8.10. The molecule has 5 heteroatoms. The van der Waals surface area contributed by atoms with Crippen molar-refractivity contribution in [3.8, 4) is 0 Å². The Labute approximate surface area is 168 Å². The van der Waals surface area contributed by atoms with Crippen molar-refractivity contribution in [3.05, 3.63) is 118 Å². The van der Waals surface area contributed by atoms with Crippen LogP contribution in [0.3, 0.4) is 0 Å². The zero-order valence-corrected chi connectivity index (χ0v) is 16.0. The Morgan fingerprint density at radius 2 is 1.59 bits per heavy atom. The molecule has 0 atom stereocenters. The predicted molar refractivity (Wildman–Crippen MR) is 111 cm³/mol. The Morgan fingerprint density at radius 1 is 0.966 bits per heavy atom. The molecule has 0 spiro atoms. The number of nitrogens with zero attached hydrogens (tertiary/aromatic N) is 2. The van der Waals surface area contributed by atoms with Crippen LogP contribution in [0.4, 0.5) is 0 Å². The number of carbonyl (C=O) groups is 1. The van der Waals surface area contributed by atoms with E-state index in [0.717, 1.165) is 16.7 Å². The van der Waals surface area contributed by atoms with Gasteiger partial charge in [-0.15, -0.1) is 0 Å². The van der Waals surface area contributed by atoms with E-state index in [1.807, 2.05) is 73.7 Å². The molecule has 0 aliphatic rings. The largest absolute Gasteiger partial charge is 0.458 e. The topological polar surface area (TPSA) is 60.7 Å². The van der Waals surface area contributed by atoms with E-state index in [4.69, 9.17) is 4.74 Å². The van der Waals surface area contributed by atoms with Crippen molar-refractivity contribution in [2.24, 2.45) is 0 Å². The van der Waals surface area contributed by atoms with Crippen LogP contribution in [0.25, 0.3) is 5.65 Å². The summed E-state index contributed by atoms with van der Waals surface area (Å²) in [6.07, 6.45) is 1.74. The lowest BCUT2D eigenvalue weighted by atomic mass is 9.91. The summed E-state index contributed by atoms with van der Waals surface area (Å²) in [6, 6.07) is 24.1. The summed E-state index contributed by atoms with van der Waals surface area (Å²) >= 11 is 0. The first-order chi connectivity index (χ1) is 14.1. The third kappa shape index (κ3) is 4.09. The molecule has 0 bridgehead atoms. The number of pyridine rings is 1. The number of fused-ring (bicyclic) bond motifs is 1. The molecule has 0 aliphatic carbocycles. The van der Waals surface area contributed by atoms with Gasteiger partial charge in [-0.2, -0.15) is 0 Å². The number of esters is 1. The maximum absolute atomic E-state index is 13.0. The van der Waals surface area contributed by atoms with Crippen molar-refractivity contribution in [2.75, 3.05) is 0 Å². The Bertz CT molecular complexity index is 1160. The third-order valence-electron chi connectivity index (χ3n) is 4.72. The molecule has 0 unspecified atom stereocenters. The average Bonchev–Trinajstić information content (AvgIpc) is 2.74. The van der Waals surface area contributed by atoms with Gasteiger partial charge in [0, 0.05) is 12.3 Å². The maximum atomic E-state index is 13.0. The van der Waals surface area contributed by atoms with Gasteiger partial charge < -0.3 is 4.74 Å². The Morgan fingerprint density at radius 3 is 2.21 bits per heavy atom. The van der Waals surface area contributed by atoms with Gasteiger partial charge in [0.1, 0.15) is 18.2 Å². The molecule has 0 radical (unpaired) electrons. The van der Waals surface area contributed by atoms with Crippen LogP contribution < -0.4 is 5.56 Å². The van der Waals surface area contributed by atoms with Gasteiger partial charge in [0.25, 0.3) is 5.56 Å². The van der Waals surface area contributed by atoms with E-state index in [0.29, 0.717) is 11.3 Å². The smallest absolute Gasteiger partial charge is 0.318 e. The molecule has 0 saturated heterocycles. The molecule has 0 fully saturated rings. The summed E-state index contributed by atoms with van der Waals surface area (Å²) < 4.78 is 7.06. The SMILES string of the molecule is Cc1ccc2nc(COC(=O)C(c3ccccc3)c3ccccc3)cc(=O)n2c1. The fourth-order valence-corrected chi connectivity index (χ4v) is 3.32. The average molecular weight is 384 g/mol. The Balaban J connectivity index is 1.59. The van der Waals surface area contributed by atoms with E-state index in [1.165, 1.54) is 10.5 Å². The van der Waals surface area contributed by atoms with Crippen LogP contribution in [0.5, 0.6) is 0 Å². The summed E-state index contributed by atoms with van der Waals surface area (Å²) in [6.45, 7) is 1.85. The highest BCUT2D eigenvalue weighted by Gasteiger charge is 2.24. The number of hydrogen-bond acceptors (Lipinski definition) is 4. The summed E-state index contributed by atoms with van der Waals surface area (Å²) in [5.41, 5.74) is 3.42. The molecular formula is C24H20N2O3. The molecule has 144 valence electrons. The fraction of sp³-hybridized carbons (Fsp3) is 0.125. The summed E-state index contributed by atoms with van der Waals surface area (Å²) in [5, 5.41) is 0. The number of rotatable bonds is 5. The molecule has 2 aromatic carbocycles. The van der Waals surface area contributed by atoms with Gasteiger partial charge in [-0.25, -0.2) is 4.98 Å². The minimum absolute atomic E-state index is 0.0609. The molecule has 4 rings (SSSR count). The number of benzene rings is 2. The molecule has 0 amide bonds. The highest BCUT2D eigenvalue weighted by molar-refractivity contribution is 5.82. The standard InChI is InChI=1S/C24H20N2O3/c1-17-12-13-21-25-20(14-22(27)26(21)15-17)16-29-24(28)23(18-8-4-2-5-9-18)19-10-6-3-7-11-19/h2-15,23H,16H2,1H3. The lowest BCUT2D eigenvalue weighted by Crippen LogP contribution is -2.20. The van der Waals surface area contributed by atoms with Gasteiger partial charge >= 0.3 is 5.97 Å². The van der Waals surface area contributed by atoms with Crippen molar-refractivity contribution in [1.82, 2.24) is 9.38 Å². The lowest BCUT2D eigenvalue weighted by molar-refractivity contribution is -0.145. The number of hydrogen-bond donors (Lipinski definition) is 0. The first-order valence-electron chi connectivity index (χ1n) is 9.37. The van der Waals surface area contributed by atoms with E-state index >= 15 is 0 Å². The van der Waals surface area contributed by atoms with Crippen LogP contribution in [0, 0.1) is 6.92 Å². The molecule has 2 heterocycles. The number of aryl methyl sites for hydroxylation is 1. The lowest BCUT2D eigenvalue weighted by Gasteiger charge is -2.17. The minimum atomic E-state index is -0.540. The van der Waals surface area contributed by atoms with Crippen LogP contribution in [0.1, 0.15) is 28.3 Å². The highest BCUT2D eigenvalue weighted by atomic mass is 16.5. The molecule has 0 aliphatic heterocycles. The zero-order valence-electron chi connectivity index (χ0n) is 16.0. The van der Waals surface area contributed by atoms with E-state index in [-0.39, 0.29) is 18.1 Å². The highest BCUT2D eigenvalue weighted by Crippen LogP contribution is 2.26. The summed E-state index contributed by atoms with van der Waals surface area (Å²) in [5.74, 6) is -0.921. The van der Waals surface area contributed by atoms with Crippen molar-refractivity contribution in [1.29, 1.82) is 0 Å². The van der Waals surface area contributed by atoms with Gasteiger partial charge in [0.2, 0.25) is 0 Å². The number of aromatic nitrogens is 2. The summed E-state index contributed by atoms with van der Waals surface area (Å²) in [4.78, 5) is 29.8. The van der Waals surface area contributed by atoms with Gasteiger partial charge in [0.15, 0.2) is 0 Å². The molecular weight excluding hydrogens is 364 g/mol. The monoisotopic (exact) mass is 384 g/mol. The molecule has 0 saturated carbocycles. The Hall–Kier alpha value is -3.73. The van der Waals surface area contributed by atoms with Crippen LogP contribution in [-0.4, -0.2) is 15.4 Å². The maximum Gasteiger partial charge on any atom is 0.318 e. The van der Waals surface area contributed by atoms with Crippen LogP contribution in [0.2, 0.25) is 0 Å².